The third-order valence-corrected chi connectivity index (χ3v) is 3.54. The molecule has 3 rings (SSSR count). The maximum absolute atomic E-state index is 12.3. The van der Waals surface area contributed by atoms with Gasteiger partial charge in [-0.1, -0.05) is 12.1 Å². The van der Waals surface area contributed by atoms with Gasteiger partial charge in [0.2, 0.25) is 5.91 Å². The fraction of sp³-hybridized carbons (Fsp3) is 0.111. The van der Waals surface area contributed by atoms with Gasteiger partial charge < -0.3 is 10.1 Å². The third-order valence-electron chi connectivity index (χ3n) is 3.54. The topological polar surface area (TPSA) is 86.1 Å². The van der Waals surface area contributed by atoms with Crippen molar-refractivity contribution in [3.05, 3.63) is 71.5 Å². The van der Waals surface area contributed by atoms with E-state index in [1.54, 1.807) is 37.7 Å². The Balaban J connectivity index is 1.78. The second kappa shape index (κ2) is 7.39. The maximum Gasteiger partial charge on any atom is 0.254 e. The molecular formula is C18H16N4O3. The van der Waals surface area contributed by atoms with Gasteiger partial charge >= 0.3 is 0 Å². The van der Waals surface area contributed by atoms with Crippen molar-refractivity contribution in [3.8, 4) is 17.0 Å². The van der Waals surface area contributed by atoms with Gasteiger partial charge in [0, 0.05) is 29.7 Å². The lowest BCUT2D eigenvalue weighted by Gasteiger charge is -2.09. The summed E-state index contributed by atoms with van der Waals surface area (Å²) in [6, 6.07) is 12.0. The van der Waals surface area contributed by atoms with Crippen molar-refractivity contribution in [2.24, 2.45) is 0 Å². The summed E-state index contributed by atoms with van der Waals surface area (Å²) in [6.45, 7) is -0.125. The minimum absolute atomic E-state index is 0.125. The van der Waals surface area contributed by atoms with Gasteiger partial charge in [0.05, 0.1) is 19.1 Å². The molecule has 3 aromatic rings. The zero-order valence-corrected chi connectivity index (χ0v) is 13.5. The molecule has 0 aliphatic heterocycles. The molecular weight excluding hydrogens is 320 g/mol. The molecule has 1 N–H and O–H groups in total. The first-order chi connectivity index (χ1) is 12.2. The van der Waals surface area contributed by atoms with Gasteiger partial charge in [-0.25, -0.2) is 4.98 Å². The molecule has 0 unspecified atom stereocenters. The number of anilines is 1. The molecule has 0 fully saturated rings. The Kier molecular flexibility index (Phi) is 4.84. The minimum Gasteiger partial charge on any atom is -0.496 e. The van der Waals surface area contributed by atoms with Crippen LogP contribution >= 0.6 is 0 Å². The van der Waals surface area contributed by atoms with Gasteiger partial charge in [0.25, 0.3) is 5.56 Å². The molecule has 0 spiro atoms. The van der Waals surface area contributed by atoms with Gasteiger partial charge in [-0.2, -0.15) is 0 Å². The number of hydrogen-bond donors (Lipinski definition) is 1. The van der Waals surface area contributed by atoms with E-state index in [1.807, 2.05) is 18.2 Å². The van der Waals surface area contributed by atoms with E-state index in [0.29, 0.717) is 17.1 Å². The lowest BCUT2D eigenvalue weighted by atomic mass is 10.1. The zero-order chi connectivity index (χ0) is 17.6. The molecule has 0 saturated heterocycles. The highest BCUT2D eigenvalue weighted by atomic mass is 16.5. The number of methoxy groups -OCH3 is 1. The van der Waals surface area contributed by atoms with Crippen LogP contribution in [0.4, 0.5) is 5.69 Å². The Labute approximate surface area is 143 Å². The molecule has 126 valence electrons. The lowest BCUT2D eigenvalue weighted by Crippen LogP contribution is -2.27. The molecule has 7 heteroatoms. The van der Waals surface area contributed by atoms with Crippen LogP contribution in [0.1, 0.15) is 0 Å². The quantitative estimate of drug-likeness (QED) is 0.770. The second-order valence-electron chi connectivity index (χ2n) is 5.22. The van der Waals surface area contributed by atoms with Gasteiger partial charge in [-0.05, 0) is 24.3 Å². The highest BCUT2D eigenvalue weighted by molar-refractivity contribution is 5.90. The number of rotatable bonds is 5. The van der Waals surface area contributed by atoms with Gasteiger partial charge in [0.15, 0.2) is 0 Å². The van der Waals surface area contributed by atoms with Gasteiger partial charge in [-0.15, -0.1) is 0 Å². The minimum atomic E-state index is -0.319. The standard InChI is InChI=1S/C18H16N4O3/c1-25-16-5-3-2-4-14(16)15-10-18(24)22(12-20-15)11-17(23)21-13-6-8-19-9-7-13/h2-10,12H,11H2,1H3,(H,19,21,23). The number of benzene rings is 1. The number of nitrogens with one attached hydrogen (secondary N) is 1. The molecule has 7 nitrogen and oxygen atoms in total. The normalized spacial score (nSPS) is 10.3. The third kappa shape index (κ3) is 3.89. The van der Waals surface area contributed by atoms with E-state index in [0.717, 1.165) is 5.56 Å². The van der Waals surface area contributed by atoms with Crippen molar-refractivity contribution in [3.63, 3.8) is 0 Å². The maximum atomic E-state index is 12.3. The SMILES string of the molecule is COc1ccccc1-c1cc(=O)n(CC(=O)Nc2ccncc2)cn1. The molecule has 0 atom stereocenters. The van der Waals surface area contributed by atoms with E-state index in [4.69, 9.17) is 4.74 Å². The van der Waals surface area contributed by atoms with E-state index < -0.39 is 0 Å². The number of para-hydroxylation sites is 1. The first-order valence-electron chi connectivity index (χ1n) is 7.57. The molecule has 1 amide bonds. The van der Waals surface area contributed by atoms with Crippen LogP contribution in [0.2, 0.25) is 0 Å². The van der Waals surface area contributed by atoms with Crippen LogP contribution in [0.25, 0.3) is 11.3 Å². The Morgan fingerprint density at radius 3 is 2.68 bits per heavy atom. The average molecular weight is 336 g/mol. The zero-order valence-electron chi connectivity index (χ0n) is 13.5. The number of hydrogen-bond acceptors (Lipinski definition) is 5. The predicted octanol–water partition coefficient (Wildman–Crippen LogP) is 1.95. The Bertz CT molecular complexity index is 938. The van der Waals surface area contributed by atoms with E-state index >= 15 is 0 Å². The van der Waals surface area contributed by atoms with Crippen LogP contribution in [-0.2, 0) is 11.3 Å². The molecule has 25 heavy (non-hydrogen) atoms. The average Bonchev–Trinajstić information content (AvgIpc) is 2.64. The largest absolute Gasteiger partial charge is 0.496 e. The summed E-state index contributed by atoms with van der Waals surface area (Å²) in [6.07, 6.45) is 4.51. The van der Waals surface area contributed by atoms with Crippen LogP contribution in [0.5, 0.6) is 5.75 Å². The number of carbonyl (C=O) groups excluding carboxylic acids is 1. The monoisotopic (exact) mass is 336 g/mol. The molecule has 2 aromatic heterocycles. The summed E-state index contributed by atoms with van der Waals surface area (Å²) in [7, 11) is 1.56. The first kappa shape index (κ1) is 16.4. The molecule has 0 aliphatic carbocycles. The van der Waals surface area contributed by atoms with Gasteiger partial charge in [0.1, 0.15) is 12.3 Å². The fourth-order valence-corrected chi connectivity index (χ4v) is 2.34. The molecule has 2 heterocycles. The molecule has 0 bridgehead atoms. The Hall–Kier alpha value is -3.48. The van der Waals surface area contributed by atoms with E-state index in [-0.39, 0.29) is 18.0 Å². The van der Waals surface area contributed by atoms with Crippen molar-refractivity contribution >= 4 is 11.6 Å². The Morgan fingerprint density at radius 2 is 1.96 bits per heavy atom. The summed E-state index contributed by atoms with van der Waals surface area (Å²) in [5, 5.41) is 2.70. The van der Waals surface area contributed by atoms with Crippen molar-refractivity contribution in [2.45, 2.75) is 6.54 Å². The predicted molar refractivity (Wildman–Crippen MR) is 93.4 cm³/mol. The molecule has 0 saturated carbocycles. The van der Waals surface area contributed by atoms with Crippen molar-refractivity contribution in [1.29, 1.82) is 0 Å². The number of ether oxygens (including phenoxy) is 1. The molecule has 0 aliphatic rings. The van der Waals surface area contributed by atoms with Crippen molar-refractivity contribution in [1.82, 2.24) is 14.5 Å². The number of amides is 1. The number of pyridine rings is 1. The first-order valence-corrected chi connectivity index (χ1v) is 7.57. The fourth-order valence-electron chi connectivity index (χ4n) is 2.34. The van der Waals surface area contributed by atoms with Crippen LogP contribution < -0.4 is 15.6 Å². The lowest BCUT2D eigenvalue weighted by molar-refractivity contribution is -0.116. The van der Waals surface area contributed by atoms with Crippen molar-refractivity contribution < 1.29 is 9.53 Å². The number of carbonyl (C=O) groups is 1. The highest BCUT2D eigenvalue weighted by Crippen LogP contribution is 2.26. The molecule has 1 aromatic carbocycles. The van der Waals surface area contributed by atoms with E-state index in [9.17, 15) is 9.59 Å². The summed E-state index contributed by atoms with van der Waals surface area (Å²) >= 11 is 0. The summed E-state index contributed by atoms with van der Waals surface area (Å²) in [5.74, 6) is 0.308. The van der Waals surface area contributed by atoms with Gasteiger partial charge in [-0.3, -0.25) is 19.1 Å². The highest BCUT2D eigenvalue weighted by Gasteiger charge is 2.10. The number of aromatic nitrogens is 3. The van der Waals surface area contributed by atoms with Crippen LogP contribution in [-0.4, -0.2) is 27.6 Å². The summed E-state index contributed by atoms with van der Waals surface area (Å²) < 4.78 is 6.53. The number of nitrogens with zero attached hydrogens (tertiary/aromatic N) is 3. The summed E-state index contributed by atoms with van der Waals surface area (Å²) in [5.41, 5.74) is 1.51. The van der Waals surface area contributed by atoms with Crippen LogP contribution in [0, 0.1) is 0 Å². The second-order valence-corrected chi connectivity index (χ2v) is 5.22. The van der Waals surface area contributed by atoms with Crippen molar-refractivity contribution in [2.75, 3.05) is 12.4 Å². The van der Waals surface area contributed by atoms with Crippen LogP contribution in [0.15, 0.2) is 66.0 Å². The van der Waals surface area contributed by atoms with E-state index in [2.05, 4.69) is 15.3 Å². The van der Waals surface area contributed by atoms with Crippen LogP contribution in [0.3, 0.4) is 0 Å². The molecule has 0 radical (unpaired) electrons. The Morgan fingerprint density at radius 1 is 1.20 bits per heavy atom. The smallest absolute Gasteiger partial charge is 0.254 e. The summed E-state index contributed by atoms with van der Waals surface area (Å²) in [4.78, 5) is 32.5. The van der Waals surface area contributed by atoms with E-state index in [1.165, 1.54) is 17.0 Å².